The Morgan fingerprint density at radius 3 is 0.854 bits per heavy atom. The molecule has 10 fully saturated rings. The first kappa shape index (κ1) is 106. The summed E-state index contributed by atoms with van der Waals surface area (Å²) in [7, 11) is 2.18. The summed E-state index contributed by atoms with van der Waals surface area (Å²) in [6, 6.07) is -7.04. The molecule has 0 spiro atoms. The highest BCUT2D eigenvalue weighted by atomic mass is 16.8. The standard InChI is InChI=1S/C72H116N6O52/c1-16-22(9-79)114-67(45(100)33(16)88)122-54-31(75-20(5)86)65(117-25(12-82)39(54)94)126-56-43(98)49(104)71(123-52-29(73-18(3)84)63(110-7)115-23(10-80)37(52)92)128-58(56)60(106)77-112-14-27-35(90)41(96)47(102)68(119-27)130-69-48(103)42(97)36(91)28(120-69)15-113-78-61(107)59-57(44(99)50(105)72(129-59)124-53-30(74-19(4)85)64(111-8)116-24(11-81)38(53)93)127-66-32(76-21(6)87)55(40(95)26(13-83)118-66)125-70-46(101)34(89)17(2)51(121-70)62(108)109/h9,16-17,22-59,63-72,80-83,88-105H,10-15H2,1-8H3,(H,73,84)(H,74,85)(H,75,86)(H,76,87)(H,77,106)(H,78,107)(H,108,109)/t16-,17+,22?,23?,24?,25?,26?,27?,28?,29?,30?,31?,32?,33+,34+,35-,36-,37-,38-,39-,40-,41+,42+,43-,44-,45?,46?,47?,48?,49?,50?,51?,52-,53-,54-,55-,56+,57+,58?,59?,63-,64-,65+,66+,67+,68-,69-,70+,71-,72-/m1/s1. The number of carbonyl (C=O) groups excluding carboxylic acids is 7. The second-order valence-electron chi connectivity index (χ2n) is 32.4. The third kappa shape index (κ3) is 23.5. The Morgan fingerprint density at radius 2 is 0.554 bits per heavy atom. The number of hydroxylamine groups is 2. The number of nitrogens with one attached hydrogen (secondary N) is 6. The van der Waals surface area contributed by atoms with Gasteiger partial charge in [-0.2, -0.15) is 0 Å². The molecule has 29 N–H and O–H groups in total. The number of carbonyl (C=O) groups is 8. The summed E-state index contributed by atoms with van der Waals surface area (Å²) in [6.07, 6.45) is -92.8. The number of carboxylic acid groups (broad SMARTS) is 1. The van der Waals surface area contributed by atoms with Gasteiger partial charge in [-0.1, -0.05) is 13.8 Å². The average molecular weight is 1900 g/mol. The molecule has 58 heteroatoms. The molecule has 10 aliphatic rings. The molecule has 20 unspecified atom stereocenters. The minimum Gasteiger partial charge on any atom is -0.479 e. The number of hydrogen-bond acceptors (Lipinski definition) is 51. The maximum Gasteiger partial charge on any atom is 0.333 e. The van der Waals surface area contributed by atoms with E-state index < -0.39 is 387 Å². The molecule has 50 atom stereocenters. The van der Waals surface area contributed by atoms with Crippen molar-refractivity contribution in [1.82, 2.24) is 32.2 Å². The van der Waals surface area contributed by atoms with Crippen molar-refractivity contribution in [2.75, 3.05) is 53.9 Å². The van der Waals surface area contributed by atoms with Crippen LogP contribution in [0.15, 0.2) is 0 Å². The first-order chi connectivity index (χ1) is 61.4. The van der Waals surface area contributed by atoms with Gasteiger partial charge in [-0.25, -0.2) is 15.8 Å². The van der Waals surface area contributed by atoms with Gasteiger partial charge in [0.05, 0.1) is 38.6 Å². The van der Waals surface area contributed by atoms with Crippen LogP contribution in [0, 0.1) is 11.8 Å². The van der Waals surface area contributed by atoms with E-state index in [0.29, 0.717) is 0 Å². The maximum atomic E-state index is 14.8. The van der Waals surface area contributed by atoms with Crippen LogP contribution >= 0.6 is 0 Å². The Kier molecular flexibility index (Phi) is 37.9. The smallest absolute Gasteiger partial charge is 0.333 e. The van der Waals surface area contributed by atoms with Gasteiger partial charge < -0.3 is 234 Å². The SMILES string of the molecule is CO[C@@H]1OC(CO)[C@@H](O)[C@H](O[C@@H]2OC(C(=O)NOCC3O[C@H](O[C@H]4OC(CONC(=O)C5O[C@@H](O[C@@H]6C(NC(C)=O)[C@H](OC)OC(CO)[C@H]6O)C(O)[C@@H](O)[C@@H]5O[C@@H]5OC(CO)[C@@H](O)[C@H](O[C@@H]6OC(C(=O)O)[C@@H](C)[C@H](O)C6O)C5NC(C)=O)[C@@H](O)[C@H](O)C4O)C(O)[C@@H](O)[C@@H]3O)[C@@H](O[C@@H]3OC(CO)[C@@H](O)[C@H](O[C@@H]4OC(C=O)[C@@H](C)[C@H](O)C4O)C3NC(C)=O)[C@H](O)C2O)C1NC(C)=O. The van der Waals surface area contributed by atoms with Crippen molar-refractivity contribution >= 4 is 47.7 Å². The van der Waals surface area contributed by atoms with Gasteiger partial charge in [-0.3, -0.25) is 38.4 Å². The van der Waals surface area contributed by atoms with Crippen LogP contribution in [0.25, 0.3) is 0 Å². The minimum atomic E-state index is -2.56. The first-order valence-electron chi connectivity index (χ1n) is 40.9. The summed E-state index contributed by atoms with van der Waals surface area (Å²) < 4.78 is 110. The molecule has 0 aromatic rings. The van der Waals surface area contributed by atoms with Crippen molar-refractivity contribution in [3.63, 3.8) is 0 Å². The van der Waals surface area contributed by atoms with Crippen LogP contribution in [0.2, 0.25) is 0 Å². The highest BCUT2D eigenvalue weighted by Crippen LogP contribution is 2.41. The van der Waals surface area contributed by atoms with Crippen LogP contribution < -0.4 is 32.2 Å². The quantitative estimate of drug-likeness (QED) is 0.0210. The molecule has 0 aromatic carbocycles. The minimum absolute atomic E-state index is 0.268. The molecule has 0 bridgehead atoms. The van der Waals surface area contributed by atoms with Crippen LogP contribution in [-0.2, 0) is 138 Å². The number of ether oxygens (including phenoxy) is 19. The second-order valence-corrected chi connectivity index (χ2v) is 32.4. The lowest BCUT2D eigenvalue weighted by molar-refractivity contribution is -0.378. The highest BCUT2D eigenvalue weighted by molar-refractivity contribution is 5.81. The average Bonchev–Trinajstić information content (AvgIpc) is 0.759. The van der Waals surface area contributed by atoms with E-state index >= 15 is 0 Å². The van der Waals surface area contributed by atoms with E-state index in [1.165, 1.54) is 13.8 Å². The number of methoxy groups -OCH3 is 2. The van der Waals surface area contributed by atoms with Gasteiger partial charge in [0.15, 0.2) is 81.2 Å². The fourth-order valence-electron chi connectivity index (χ4n) is 16.3. The van der Waals surface area contributed by atoms with Crippen molar-refractivity contribution in [3.05, 3.63) is 0 Å². The molecular weight excluding hydrogens is 1780 g/mol. The van der Waals surface area contributed by atoms with Gasteiger partial charge in [0.1, 0.15) is 221 Å². The van der Waals surface area contributed by atoms with E-state index in [1.54, 1.807) is 0 Å². The predicted molar refractivity (Wildman–Crippen MR) is 398 cm³/mol. The Bertz CT molecular complexity index is 3680. The molecule has 6 amide bonds. The lowest BCUT2D eigenvalue weighted by atomic mass is 9.90. The molecule has 0 aromatic heterocycles. The third-order valence-electron chi connectivity index (χ3n) is 23.4. The van der Waals surface area contributed by atoms with Crippen molar-refractivity contribution in [3.8, 4) is 0 Å². The van der Waals surface area contributed by atoms with E-state index in [2.05, 4.69) is 21.3 Å². The fourth-order valence-corrected chi connectivity index (χ4v) is 16.3. The van der Waals surface area contributed by atoms with Crippen LogP contribution in [0.5, 0.6) is 0 Å². The lowest BCUT2D eigenvalue weighted by Gasteiger charge is -2.50. The van der Waals surface area contributed by atoms with Gasteiger partial charge in [-0.05, 0) is 0 Å². The normalized spacial score (nSPS) is 47.2. The Morgan fingerprint density at radius 1 is 0.292 bits per heavy atom. The van der Waals surface area contributed by atoms with E-state index in [-0.39, 0.29) is 6.29 Å². The van der Waals surface area contributed by atoms with E-state index in [9.17, 15) is 156 Å². The summed E-state index contributed by atoms with van der Waals surface area (Å²) in [4.78, 5) is 116. The Hall–Kier alpha value is -5.76. The molecule has 130 heavy (non-hydrogen) atoms. The molecule has 0 radical (unpaired) electrons. The second kappa shape index (κ2) is 46.4. The molecule has 58 nitrogen and oxygen atoms in total. The van der Waals surface area contributed by atoms with Crippen LogP contribution in [-0.4, -0.2) is 514 Å². The number of amides is 6. The molecule has 10 saturated heterocycles. The summed E-state index contributed by atoms with van der Waals surface area (Å²) >= 11 is 0. The number of hydrogen-bond donors (Lipinski definition) is 29. The summed E-state index contributed by atoms with van der Waals surface area (Å²) in [6.45, 7) is -0.103. The van der Waals surface area contributed by atoms with Crippen molar-refractivity contribution < 1.29 is 255 Å². The first-order valence-corrected chi connectivity index (χ1v) is 40.9. The topological polar surface area (TPSA) is 868 Å². The molecule has 10 aliphatic heterocycles. The number of aliphatic hydroxyl groups excluding tert-OH is 22. The summed E-state index contributed by atoms with van der Waals surface area (Å²) in [5.41, 5.74) is 3.75. The zero-order valence-electron chi connectivity index (χ0n) is 70.3. The molecular formula is C72H116N6O52. The molecule has 746 valence electrons. The number of aldehydes is 1. The number of carboxylic acids is 1. The van der Waals surface area contributed by atoms with Crippen molar-refractivity contribution in [1.29, 1.82) is 0 Å². The van der Waals surface area contributed by atoms with Crippen LogP contribution in [0.3, 0.4) is 0 Å². The van der Waals surface area contributed by atoms with Gasteiger partial charge in [0, 0.05) is 53.8 Å². The fraction of sp³-hybridized carbons (Fsp3) is 0.889. The van der Waals surface area contributed by atoms with Gasteiger partial charge in [0.25, 0.3) is 11.8 Å². The zero-order valence-corrected chi connectivity index (χ0v) is 70.3. The molecule has 0 saturated carbocycles. The van der Waals surface area contributed by atoms with Gasteiger partial charge >= 0.3 is 5.97 Å². The summed E-state index contributed by atoms with van der Waals surface area (Å²) in [5.74, 6) is -10.8. The maximum absolute atomic E-state index is 14.8. The van der Waals surface area contributed by atoms with E-state index in [4.69, 9.17) is 99.7 Å². The van der Waals surface area contributed by atoms with Crippen molar-refractivity contribution in [2.24, 2.45) is 11.8 Å². The summed E-state index contributed by atoms with van der Waals surface area (Å²) in [5, 5.41) is 267. The van der Waals surface area contributed by atoms with E-state index in [1.807, 2.05) is 11.0 Å². The van der Waals surface area contributed by atoms with Crippen LogP contribution in [0.4, 0.5) is 0 Å². The third-order valence-corrected chi connectivity index (χ3v) is 23.4. The van der Waals surface area contributed by atoms with Gasteiger partial charge in [-0.15, -0.1) is 0 Å². The highest BCUT2D eigenvalue weighted by Gasteiger charge is 2.62. The van der Waals surface area contributed by atoms with Crippen molar-refractivity contribution in [2.45, 2.75) is 336 Å². The molecule has 0 aliphatic carbocycles. The van der Waals surface area contributed by atoms with Crippen LogP contribution in [0.1, 0.15) is 41.5 Å². The number of aliphatic carboxylic acids is 1. The molecule has 10 rings (SSSR count). The number of rotatable bonds is 34. The number of aliphatic hydroxyl groups is 22. The predicted octanol–water partition coefficient (Wildman–Crippen LogP) is -20.0. The van der Waals surface area contributed by atoms with E-state index in [0.717, 1.165) is 41.9 Å². The Labute approximate surface area is 735 Å². The Balaban J connectivity index is 0.874. The molecule has 10 heterocycles. The lowest BCUT2D eigenvalue weighted by Crippen LogP contribution is -2.71. The largest absolute Gasteiger partial charge is 0.479 e. The monoisotopic (exact) mass is 1900 g/mol. The van der Waals surface area contributed by atoms with Gasteiger partial charge in [0.2, 0.25) is 23.6 Å². The zero-order chi connectivity index (χ0) is 96.0.